The number of amides is 1. The molecule has 1 aromatic carbocycles. The zero-order valence-corrected chi connectivity index (χ0v) is 11.5. The maximum absolute atomic E-state index is 13.7. The van der Waals surface area contributed by atoms with Gasteiger partial charge < -0.3 is 10.2 Å². The number of nitrogens with zero attached hydrogens (tertiary/aromatic N) is 3. The van der Waals surface area contributed by atoms with Crippen molar-refractivity contribution in [3.63, 3.8) is 0 Å². The average molecular weight is 334 g/mol. The Labute approximate surface area is 166 Å². The molecular weight excluding hydrogens is 288 g/mol. The van der Waals surface area contributed by atoms with Crippen molar-refractivity contribution < 1.29 is 33.6 Å². The largest absolute Gasteiger partial charge is 0.348 e. The van der Waals surface area contributed by atoms with Gasteiger partial charge in [-0.1, -0.05) is 24.5 Å². The molecule has 5 nitrogen and oxygen atoms in total. The van der Waals surface area contributed by atoms with Crippen molar-refractivity contribution in [2.45, 2.75) is 50.0 Å². The molecule has 23 heavy (non-hydrogen) atoms. The van der Waals surface area contributed by atoms with E-state index in [0.29, 0.717) is 0 Å². The van der Waals surface area contributed by atoms with E-state index in [0.717, 1.165) is 0 Å². The van der Waals surface area contributed by atoms with Crippen LogP contribution in [0.3, 0.4) is 0 Å². The van der Waals surface area contributed by atoms with Crippen LogP contribution in [0.15, 0.2) is 24.2 Å². The molecule has 2 bridgehead atoms. The molecule has 1 amide bonds. The number of carbonyl (C=O) groups excluding carboxylic acids is 1. The molecule has 4 rings (SSSR count). The van der Waals surface area contributed by atoms with Crippen molar-refractivity contribution in [1.29, 1.82) is 0 Å². The summed E-state index contributed by atoms with van der Waals surface area (Å²) in [6.45, 7) is -7.07. The fourth-order valence-corrected chi connectivity index (χ4v) is 2.24. The van der Waals surface area contributed by atoms with Gasteiger partial charge in [0, 0.05) is 52.3 Å². The molecule has 0 spiro atoms. The smallest absolute Gasteiger partial charge is 0.272 e. The molecule has 0 saturated carbocycles. The Bertz CT molecular complexity index is 1580. The molecule has 0 aliphatic carbocycles. The second-order valence-corrected chi connectivity index (χ2v) is 4.72. The Morgan fingerprint density at radius 1 is 1.43 bits per heavy atom. The summed E-state index contributed by atoms with van der Waals surface area (Å²) in [6.07, 6.45) is -17.6. The van der Waals surface area contributed by atoms with Gasteiger partial charge in [0.1, 0.15) is 0 Å². The van der Waals surface area contributed by atoms with Crippen LogP contribution in [0.1, 0.15) is 71.2 Å². The van der Waals surface area contributed by atoms with Crippen LogP contribution < -0.4 is 5.32 Å². The van der Waals surface area contributed by atoms with Gasteiger partial charge in [-0.2, -0.15) is 5.10 Å². The lowest BCUT2D eigenvalue weighted by molar-refractivity contribution is 0.0462. The fourth-order valence-electron chi connectivity index (χ4n) is 2.24. The van der Waals surface area contributed by atoms with Crippen LogP contribution in [0.5, 0.6) is 0 Å². The second-order valence-electron chi connectivity index (χ2n) is 4.72. The minimum absolute atomic E-state index is 0.107. The Balaban J connectivity index is 2.02. The van der Waals surface area contributed by atoms with Gasteiger partial charge in [0.25, 0.3) is 5.91 Å². The van der Waals surface area contributed by atoms with E-state index in [2.05, 4.69) is 5.10 Å². The van der Waals surface area contributed by atoms with Gasteiger partial charge in [-0.05, 0) is 38.6 Å². The van der Waals surface area contributed by atoms with Crippen molar-refractivity contribution in [3.8, 4) is 0 Å². The number of aromatic nitrogens is 2. The predicted molar refractivity (Wildman–Crippen MR) is 90.4 cm³/mol. The van der Waals surface area contributed by atoms with E-state index in [1.54, 1.807) is 5.32 Å². The zero-order valence-electron chi connectivity index (χ0n) is 32.5. The number of benzene rings is 1. The lowest BCUT2D eigenvalue weighted by Gasteiger charge is -2.47. The topological polar surface area (TPSA) is 50.2 Å². The number of hydrogen-bond acceptors (Lipinski definition) is 3. The van der Waals surface area contributed by atoms with Crippen molar-refractivity contribution >= 4 is 16.8 Å². The van der Waals surface area contributed by atoms with Crippen molar-refractivity contribution in [2.24, 2.45) is 6.98 Å². The minimum Gasteiger partial charge on any atom is -0.348 e. The molecule has 2 aliphatic heterocycles. The summed E-state index contributed by atoms with van der Waals surface area (Å²) in [5.41, 5.74) is -1.89. The third-order valence-corrected chi connectivity index (χ3v) is 3.29. The number of rotatable bonds is 2. The third kappa shape index (κ3) is 2.53. The molecule has 122 valence electrons. The zero-order chi connectivity index (χ0) is 34.4. The first-order valence-electron chi connectivity index (χ1n) is 17.0. The van der Waals surface area contributed by atoms with Crippen LogP contribution in [0.25, 0.3) is 10.9 Å². The Hall–Kier alpha value is -1.88. The van der Waals surface area contributed by atoms with E-state index in [4.69, 9.17) is 28.8 Å². The van der Waals surface area contributed by atoms with E-state index in [1.165, 1.54) is 0 Å². The highest BCUT2D eigenvalue weighted by atomic mass is 16.2. The number of carbonyl (C=O) groups is 1. The fraction of sp³-hybridized carbons (Fsp3) is 0.556. The van der Waals surface area contributed by atoms with Crippen molar-refractivity contribution in [2.75, 3.05) is 6.98 Å². The van der Waals surface area contributed by atoms with Gasteiger partial charge in [-0.25, -0.2) is 0 Å². The van der Waals surface area contributed by atoms with E-state index in [-0.39, 0.29) is 4.68 Å². The molecule has 2 aromatic rings. The highest BCUT2D eigenvalue weighted by Crippen LogP contribution is 2.32. The molecule has 3 atom stereocenters. The summed E-state index contributed by atoms with van der Waals surface area (Å²) >= 11 is 0. The first-order valence-corrected chi connectivity index (χ1v) is 6.45. The summed E-state index contributed by atoms with van der Waals surface area (Å²) in [4.78, 5) is 13.2. The van der Waals surface area contributed by atoms with E-state index >= 15 is 0 Å². The predicted octanol–water partition coefficient (Wildman–Crippen LogP) is 2.32. The molecule has 1 N–H and O–H groups in total. The molecule has 5 heteroatoms. The Kier molecular flexibility index (Phi) is 1.03. The van der Waals surface area contributed by atoms with Crippen LogP contribution in [-0.4, -0.2) is 45.6 Å². The monoisotopic (exact) mass is 333 g/mol. The lowest BCUT2D eigenvalue weighted by Crippen LogP contribution is -2.55. The molecule has 1 aromatic heterocycles. The molecule has 2 saturated heterocycles. The summed E-state index contributed by atoms with van der Waals surface area (Å²) < 4.78 is 173. The van der Waals surface area contributed by atoms with Crippen molar-refractivity contribution in [3.05, 3.63) is 29.9 Å². The molecule has 3 heterocycles. The lowest BCUT2D eigenvalue weighted by atomic mass is 9.82. The number of para-hydroxylation sites is 1. The SMILES string of the molecule is [2H]c1c([2H])c([2H])c2c(c(C(=O)NC3([2H])C[C@]4([2H])N(C([2H])([2H])[2H])[C@@]([2H])(C3([2H])[2H])C([2H])([2H])C([2H])([2H])C4([2H])[2H])nn2C([2H])([2H])[2H])c1[2H]. The van der Waals surface area contributed by atoms with Crippen LogP contribution in [0.4, 0.5) is 0 Å². The maximum atomic E-state index is 13.7. The highest BCUT2D eigenvalue weighted by molar-refractivity contribution is 6.04. The highest BCUT2D eigenvalue weighted by Gasteiger charge is 2.36. The third-order valence-electron chi connectivity index (χ3n) is 3.29. The van der Waals surface area contributed by atoms with Gasteiger partial charge in [0.05, 0.1) is 12.4 Å². The van der Waals surface area contributed by atoms with Gasteiger partial charge in [0.2, 0.25) is 0 Å². The number of fused-ring (bicyclic) bond motifs is 3. The van der Waals surface area contributed by atoms with Crippen LogP contribution in [-0.2, 0) is 6.98 Å². The van der Waals surface area contributed by atoms with Crippen LogP contribution in [0.2, 0.25) is 0 Å². The van der Waals surface area contributed by atoms with E-state index in [9.17, 15) is 4.79 Å². The molecule has 2 fully saturated rings. The standard InChI is InChI=1S/C18H24N4O/c1-21-13-6-5-7-14(21)11-12(10-13)19-18(23)17-15-8-3-4-9-16(15)22(2)20-17/h3-4,8-9,12-14H,5-7,10-11H2,1-2H3,(H,19,23)/t13-,14-/m1/s1/i1D3,2D3,3D,4D,5D2,6D2,7D2,8D,9D,10D2,12D,13D,14D/t12?,13-,14-. The second kappa shape index (κ2) is 5.64. The normalized spacial score (nSPS) is 60.8. The quantitative estimate of drug-likeness (QED) is 0.917. The van der Waals surface area contributed by atoms with Crippen molar-refractivity contribution in [1.82, 2.24) is 20.0 Å². The van der Waals surface area contributed by atoms with E-state index in [1.807, 2.05) is 0 Å². The van der Waals surface area contributed by atoms with Gasteiger partial charge in [0.15, 0.2) is 5.69 Å². The number of aryl methyl sites for hydroxylation is 1. The molecule has 0 radical (unpaired) electrons. The first-order chi connectivity index (χ1) is 19.3. The number of nitrogens with one attached hydrogen (secondary N) is 1. The molecule has 1 unspecified atom stereocenters. The van der Waals surface area contributed by atoms with Crippen LogP contribution in [0, 0.1) is 0 Å². The van der Waals surface area contributed by atoms with E-state index < -0.39 is 115 Å². The summed E-state index contributed by atoms with van der Waals surface area (Å²) in [6, 6.07) is -15.0. The summed E-state index contributed by atoms with van der Waals surface area (Å²) in [5, 5.41) is 4.51. The number of piperidine rings is 2. The van der Waals surface area contributed by atoms with Gasteiger partial charge in [-0.15, -0.1) is 0 Å². The van der Waals surface area contributed by atoms with Gasteiger partial charge >= 0.3 is 0 Å². The maximum Gasteiger partial charge on any atom is 0.272 e. The molecule has 2 aliphatic rings. The number of hydrogen-bond donors (Lipinski definition) is 1. The van der Waals surface area contributed by atoms with Gasteiger partial charge in [-0.3, -0.25) is 9.48 Å². The first kappa shape index (κ1) is 4.20. The summed E-state index contributed by atoms with van der Waals surface area (Å²) in [5.74, 6) is -1.74. The summed E-state index contributed by atoms with van der Waals surface area (Å²) in [7, 11) is 0. The average Bonchev–Trinajstić information content (AvgIpc) is 3.25. The Morgan fingerprint density at radius 3 is 3.17 bits per heavy atom. The minimum atomic E-state index is -4.13. The molecular formula is C18H24N4O. The Morgan fingerprint density at radius 2 is 2.30 bits per heavy atom. The van der Waals surface area contributed by atoms with Crippen LogP contribution >= 0.6 is 0 Å².